The topological polar surface area (TPSA) is 21.3 Å². The normalized spacial score (nSPS) is 10.1. The van der Waals surface area contributed by atoms with Crippen LogP contribution in [-0.4, -0.2) is 6.61 Å². The summed E-state index contributed by atoms with van der Waals surface area (Å²) in [5, 5.41) is 3.29. The lowest BCUT2D eigenvalue weighted by molar-refractivity contribution is 0.359. The molecule has 0 radical (unpaired) electrons. The van der Waals surface area contributed by atoms with Gasteiger partial charge in [0.25, 0.3) is 0 Å². The van der Waals surface area contributed by atoms with Crippen LogP contribution in [0.3, 0.4) is 0 Å². The highest BCUT2D eigenvalue weighted by Gasteiger charge is 2.05. The number of benzene rings is 2. The van der Waals surface area contributed by atoms with Crippen molar-refractivity contribution in [3.8, 4) is 5.75 Å². The second kappa shape index (κ2) is 7.28. The van der Waals surface area contributed by atoms with E-state index in [0.717, 1.165) is 20.6 Å². The molecule has 0 aliphatic carbocycles. The third-order valence-corrected chi connectivity index (χ3v) is 3.62. The molecule has 20 heavy (non-hydrogen) atoms. The number of rotatable bonds is 6. The van der Waals surface area contributed by atoms with Gasteiger partial charge in [0, 0.05) is 21.4 Å². The van der Waals surface area contributed by atoms with Crippen LogP contribution in [0.5, 0.6) is 5.75 Å². The van der Waals surface area contributed by atoms with E-state index in [0.29, 0.717) is 13.2 Å². The molecule has 2 nitrogen and oxygen atoms in total. The number of para-hydroxylation sites is 1. The fourth-order valence-corrected chi connectivity index (χ4v) is 2.43. The lowest BCUT2D eigenvalue weighted by Crippen LogP contribution is -2.04. The molecule has 0 amide bonds. The predicted molar refractivity (Wildman–Crippen MR) is 88.6 cm³/mol. The summed E-state index contributed by atoms with van der Waals surface area (Å²) in [4.78, 5) is 0. The Morgan fingerprint density at radius 3 is 2.80 bits per heavy atom. The third kappa shape index (κ3) is 3.96. The molecule has 0 unspecified atom stereocenters. The number of nitrogens with one attached hydrogen (secondary N) is 1. The van der Waals surface area contributed by atoms with Crippen molar-refractivity contribution in [1.29, 1.82) is 0 Å². The Morgan fingerprint density at radius 1 is 1.25 bits per heavy atom. The van der Waals surface area contributed by atoms with Crippen LogP contribution in [0, 0.1) is 9.39 Å². The van der Waals surface area contributed by atoms with Crippen LogP contribution in [0.1, 0.15) is 5.56 Å². The molecule has 104 valence electrons. The Balaban J connectivity index is 2.08. The van der Waals surface area contributed by atoms with Gasteiger partial charge in [0.2, 0.25) is 0 Å². The maximum atomic E-state index is 13.1. The minimum atomic E-state index is -0.227. The van der Waals surface area contributed by atoms with Crippen molar-refractivity contribution < 1.29 is 9.13 Å². The van der Waals surface area contributed by atoms with Gasteiger partial charge in [0.05, 0.1) is 0 Å². The molecule has 1 N–H and O–H groups in total. The van der Waals surface area contributed by atoms with E-state index < -0.39 is 0 Å². The van der Waals surface area contributed by atoms with Gasteiger partial charge in [-0.15, -0.1) is 0 Å². The molecular weight excluding hydrogens is 368 g/mol. The summed E-state index contributed by atoms with van der Waals surface area (Å²) in [5.74, 6) is 0.603. The number of anilines is 1. The fourth-order valence-electron chi connectivity index (χ4n) is 1.76. The Kier molecular flexibility index (Phi) is 5.40. The largest absolute Gasteiger partial charge is 0.489 e. The second-order valence-electron chi connectivity index (χ2n) is 4.19. The number of ether oxygens (including phenoxy) is 1. The molecule has 2 aromatic carbocycles. The van der Waals surface area contributed by atoms with Gasteiger partial charge >= 0.3 is 0 Å². The molecule has 0 aromatic heterocycles. The quantitative estimate of drug-likeness (QED) is 0.581. The van der Waals surface area contributed by atoms with Gasteiger partial charge in [0.1, 0.15) is 18.2 Å². The molecule has 0 saturated heterocycles. The summed E-state index contributed by atoms with van der Waals surface area (Å²) in [6.45, 7) is 4.74. The van der Waals surface area contributed by atoms with Gasteiger partial charge < -0.3 is 10.1 Å². The molecule has 0 fully saturated rings. The molecule has 0 heterocycles. The van der Waals surface area contributed by atoms with Crippen molar-refractivity contribution in [1.82, 2.24) is 0 Å². The van der Waals surface area contributed by atoms with E-state index in [4.69, 9.17) is 4.74 Å². The highest BCUT2D eigenvalue weighted by molar-refractivity contribution is 14.1. The average molecular weight is 383 g/mol. The van der Waals surface area contributed by atoms with Crippen LogP contribution < -0.4 is 10.1 Å². The Labute approximate surface area is 131 Å². The van der Waals surface area contributed by atoms with Crippen LogP contribution in [-0.2, 0) is 6.54 Å². The first-order valence-electron chi connectivity index (χ1n) is 6.21. The van der Waals surface area contributed by atoms with E-state index in [9.17, 15) is 4.39 Å². The maximum absolute atomic E-state index is 13.1. The van der Waals surface area contributed by atoms with Crippen molar-refractivity contribution in [3.05, 3.63) is 70.1 Å². The van der Waals surface area contributed by atoms with Gasteiger partial charge in [-0.05, 0) is 46.9 Å². The Hall–Kier alpha value is -1.56. The minimum Gasteiger partial charge on any atom is -0.489 e. The summed E-state index contributed by atoms with van der Waals surface area (Å²) < 4.78 is 19.5. The van der Waals surface area contributed by atoms with E-state index in [-0.39, 0.29) is 5.82 Å². The minimum absolute atomic E-state index is 0.227. The zero-order valence-corrected chi connectivity index (χ0v) is 13.1. The van der Waals surface area contributed by atoms with Crippen molar-refractivity contribution in [3.63, 3.8) is 0 Å². The van der Waals surface area contributed by atoms with E-state index in [1.54, 1.807) is 12.1 Å². The van der Waals surface area contributed by atoms with Gasteiger partial charge in [0.15, 0.2) is 0 Å². The molecule has 2 rings (SSSR count). The molecule has 0 bridgehead atoms. The van der Waals surface area contributed by atoms with Crippen LogP contribution in [0.4, 0.5) is 10.1 Å². The summed E-state index contributed by atoms with van der Waals surface area (Å²) >= 11 is 2.11. The highest BCUT2D eigenvalue weighted by atomic mass is 127. The number of halogens is 2. The van der Waals surface area contributed by atoms with E-state index in [1.165, 1.54) is 12.1 Å². The first kappa shape index (κ1) is 14.8. The molecule has 4 heteroatoms. The summed E-state index contributed by atoms with van der Waals surface area (Å²) in [7, 11) is 0. The van der Waals surface area contributed by atoms with Crippen LogP contribution >= 0.6 is 22.6 Å². The molecule has 0 aliphatic rings. The Morgan fingerprint density at radius 2 is 2.05 bits per heavy atom. The molecule has 0 spiro atoms. The van der Waals surface area contributed by atoms with Gasteiger partial charge in [-0.1, -0.05) is 30.9 Å². The van der Waals surface area contributed by atoms with Crippen molar-refractivity contribution in [2.24, 2.45) is 0 Å². The predicted octanol–water partition coefficient (Wildman–Crippen LogP) is 4.61. The van der Waals surface area contributed by atoms with Gasteiger partial charge in [-0.3, -0.25) is 0 Å². The van der Waals surface area contributed by atoms with Crippen LogP contribution in [0.25, 0.3) is 0 Å². The highest BCUT2D eigenvalue weighted by Crippen LogP contribution is 2.23. The Bertz CT molecular complexity index is 601. The smallest absolute Gasteiger partial charge is 0.124 e. The van der Waals surface area contributed by atoms with Crippen LogP contribution in [0.15, 0.2) is 55.1 Å². The molecule has 0 saturated carbocycles. The molecule has 2 aromatic rings. The first-order valence-corrected chi connectivity index (χ1v) is 7.29. The molecular formula is C16H15FINO. The number of hydrogen-bond donors (Lipinski definition) is 1. The summed E-state index contributed by atoms with van der Waals surface area (Å²) in [6.07, 6.45) is 1.72. The molecule has 0 aliphatic heterocycles. The number of hydrogen-bond acceptors (Lipinski definition) is 2. The van der Waals surface area contributed by atoms with E-state index >= 15 is 0 Å². The van der Waals surface area contributed by atoms with Crippen molar-refractivity contribution >= 4 is 28.3 Å². The lowest BCUT2D eigenvalue weighted by Gasteiger charge is -2.12. The van der Waals surface area contributed by atoms with E-state index in [2.05, 4.69) is 34.5 Å². The first-order chi connectivity index (χ1) is 9.70. The van der Waals surface area contributed by atoms with E-state index in [1.807, 2.05) is 24.3 Å². The monoisotopic (exact) mass is 383 g/mol. The zero-order valence-electron chi connectivity index (χ0n) is 10.9. The standard InChI is InChI=1S/C16H15FINO/c1-2-9-20-16-6-4-3-5-12(16)11-19-15-8-7-13(17)10-14(15)18/h2-8,10,19H,1,9,11H2. The van der Waals surface area contributed by atoms with Crippen molar-refractivity contribution in [2.75, 3.05) is 11.9 Å². The SMILES string of the molecule is C=CCOc1ccccc1CNc1ccc(F)cc1I. The van der Waals surface area contributed by atoms with Crippen molar-refractivity contribution in [2.45, 2.75) is 6.54 Å². The average Bonchev–Trinajstić information content (AvgIpc) is 2.45. The maximum Gasteiger partial charge on any atom is 0.124 e. The summed E-state index contributed by atoms with van der Waals surface area (Å²) in [5.41, 5.74) is 1.96. The lowest BCUT2D eigenvalue weighted by atomic mass is 10.2. The third-order valence-electron chi connectivity index (χ3n) is 2.73. The zero-order chi connectivity index (χ0) is 14.4. The van der Waals surface area contributed by atoms with Gasteiger partial charge in [-0.25, -0.2) is 4.39 Å². The molecule has 0 atom stereocenters. The van der Waals surface area contributed by atoms with Crippen LogP contribution in [0.2, 0.25) is 0 Å². The fraction of sp³-hybridized carbons (Fsp3) is 0.125. The summed E-state index contributed by atoms with van der Waals surface area (Å²) in [6, 6.07) is 12.5. The van der Waals surface area contributed by atoms with Gasteiger partial charge in [-0.2, -0.15) is 0 Å². The second-order valence-corrected chi connectivity index (χ2v) is 5.35.